The zero-order valence-electron chi connectivity index (χ0n) is 15.6. The maximum Gasteiger partial charge on any atom is 0.241 e. The zero-order chi connectivity index (χ0) is 20.3. The summed E-state index contributed by atoms with van der Waals surface area (Å²) >= 11 is 0. The zero-order valence-corrected chi connectivity index (χ0v) is 16.4. The molecule has 146 valence electrons. The second-order valence-corrected chi connectivity index (χ2v) is 8.18. The number of aromatic amines is 1. The van der Waals surface area contributed by atoms with Crippen molar-refractivity contribution in [2.75, 3.05) is 0 Å². The summed E-state index contributed by atoms with van der Waals surface area (Å²) in [5, 5.41) is 8.34. The van der Waals surface area contributed by atoms with Crippen molar-refractivity contribution in [1.82, 2.24) is 29.9 Å². The van der Waals surface area contributed by atoms with Crippen molar-refractivity contribution < 1.29 is 8.42 Å². The summed E-state index contributed by atoms with van der Waals surface area (Å²) in [5.41, 5.74) is 2.84. The lowest BCUT2D eigenvalue weighted by Gasteiger charge is -2.10. The van der Waals surface area contributed by atoms with Gasteiger partial charge in [-0.2, -0.15) is 0 Å². The number of hydrogen-bond donors (Lipinski definition) is 2. The quantitative estimate of drug-likeness (QED) is 0.509. The molecule has 2 aromatic carbocycles. The number of nitrogens with one attached hydrogen (secondary N) is 2. The fourth-order valence-corrected chi connectivity index (χ4v) is 4.12. The summed E-state index contributed by atoms with van der Waals surface area (Å²) in [6.07, 6.45) is 4.53. The predicted molar refractivity (Wildman–Crippen MR) is 108 cm³/mol. The highest BCUT2D eigenvalue weighted by Crippen LogP contribution is 2.24. The van der Waals surface area contributed by atoms with Crippen LogP contribution in [0.4, 0.5) is 0 Å². The molecule has 0 unspecified atom stereocenters. The minimum absolute atomic E-state index is 0.104. The van der Waals surface area contributed by atoms with Crippen molar-refractivity contribution in [3.63, 3.8) is 0 Å². The van der Waals surface area contributed by atoms with E-state index < -0.39 is 10.0 Å². The monoisotopic (exact) mass is 406 g/mol. The van der Waals surface area contributed by atoms with E-state index in [1.807, 2.05) is 36.4 Å². The van der Waals surface area contributed by atoms with E-state index >= 15 is 0 Å². The number of aromatic nitrogens is 5. The van der Waals surface area contributed by atoms with Crippen molar-refractivity contribution in [1.29, 1.82) is 0 Å². The molecule has 0 amide bonds. The molecule has 29 heavy (non-hydrogen) atoms. The van der Waals surface area contributed by atoms with Gasteiger partial charge in [0.1, 0.15) is 6.33 Å². The Labute approximate surface area is 168 Å². The molecule has 0 aliphatic rings. The number of hydrogen-bond acceptors (Lipinski definition) is 6. The van der Waals surface area contributed by atoms with Crippen LogP contribution in [0, 0.1) is 6.92 Å². The molecule has 0 bridgehead atoms. The third kappa shape index (κ3) is 4.20. The first-order valence-corrected chi connectivity index (χ1v) is 10.3. The normalized spacial score (nSPS) is 11.5. The second-order valence-electron chi connectivity index (χ2n) is 6.44. The molecule has 0 saturated heterocycles. The lowest BCUT2D eigenvalue weighted by atomic mass is 10.1. The summed E-state index contributed by atoms with van der Waals surface area (Å²) in [5.74, 6) is 1.12. The van der Waals surface area contributed by atoms with Gasteiger partial charge in [-0.25, -0.2) is 23.1 Å². The van der Waals surface area contributed by atoms with Gasteiger partial charge in [0.2, 0.25) is 10.0 Å². The highest BCUT2D eigenvalue weighted by Gasteiger charge is 2.19. The van der Waals surface area contributed by atoms with Crippen LogP contribution in [0.25, 0.3) is 22.8 Å². The van der Waals surface area contributed by atoms with Crippen molar-refractivity contribution in [3.05, 3.63) is 78.4 Å². The van der Waals surface area contributed by atoms with Gasteiger partial charge in [-0.15, -0.1) is 10.2 Å². The molecule has 0 fully saturated rings. The maximum absolute atomic E-state index is 12.8. The van der Waals surface area contributed by atoms with Crippen LogP contribution in [0.1, 0.15) is 11.1 Å². The summed E-state index contributed by atoms with van der Waals surface area (Å²) in [6, 6.07) is 14.8. The molecule has 2 N–H and O–H groups in total. The number of nitrogens with zero attached hydrogens (tertiary/aromatic N) is 4. The Kier molecular flexibility index (Phi) is 5.15. The molecule has 0 aliphatic carbocycles. The molecule has 0 saturated carbocycles. The van der Waals surface area contributed by atoms with Gasteiger partial charge in [0.05, 0.1) is 4.90 Å². The first kappa shape index (κ1) is 18.9. The standard InChI is InChI=1S/C20H18N6O2S/c1-14-7-8-17(20-24-19(25-26-20)16-5-3-2-4-6-16)9-18(14)29(27,28)23-12-15-10-21-13-22-11-15/h2-11,13,23H,12H2,1H3,(H,24,25,26). The summed E-state index contributed by atoms with van der Waals surface area (Å²) in [4.78, 5) is 11.1. The largest absolute Gasteiger partial charge is 0.321 e. The first-order chi connectivity index (χ1) is 14.0. The summed E-state index contributed by atoms with van der Waals surface area (Å²) < 4.78 is 28.3. The molecule has 0 aliphatic heterocycles. The lowest BCUT2D eigenvalue weighted by Crippen LogP contribution is -2.24. The van der Waals surface area contributed by atoms with Crippen LogP contribution in [-0.2, 0) is 16.6 Å². The van der Waals surface area contributed by atoms with E-state index in [2.05, 4.69) is 29.9 Å². The van der Waals surface area contributed by atoms with Crippen LogP contribution in [0.5, 0.6) is 0 Å². The minimum atomic E-state index is -3.73. The van der Waals surface area contributed by atoms with Crippen LogP contribution >= 0.6 is 0 Å². The van der Waals surface area contributed by atoms with Crippen molar-refractivity contribution in [2.45, 2.75) is 18.4 Å². The Morgan fingerprint density at radius 3 is 2.34 bits per heavy atom. The van der Waals surface area contributed by atoms with E-state index in [1.165, 1.54) is 6.33 Å². The average Bonchev–Trinajstić information content (AvgIpc) is 3.24. The second kappa shape index (κ2) is 7.90. The van der Waals surface area contributed by atoms with Gasteiger partial charge in [0, 0.05) is 35.6 Å². The van der Waals surface area contributed by atoms with Gasteiger partial charge in [-0.1, -0.05) is 42.5 Å². The molecular weight excluding hydrogens is 388 g/mol. The Bertz CT molecular complexity index is 1220. The molecule has 2 heterocycles. The molecule has 9 heteroatoms. The van der Waals surface area contributed by atoms with Crippen molar-refractivity contribution in [2.24, 2.45) is 0 Å². The highest BCUT2D eigenvalue weighted by atomic mass is 32.2. The third-order valence-corrected chi connectivity index (χ3v) is 5.91. The topological polar surface area (TPSA) is 114 Å². The molecule has 4 aromatic rings. The Balaban J connectivity index is 1.62. The molecule has 0 spiro atoms. The lowest BCUT2D eigenvalue weighted by molar-refractivity contribution is 0.580. The van der Waals surface area contributed by atoms with Crippen LogP contribution < -0.4 is 4.72 Å². The summed E-state index contributed by atoms with van der Waals surface area (Å²) in [7, 11) is -3.73. The summed E-state index contributed by atoms with van der Waals surface area (Å²) in [6.45, 7) is 1.85. The van der Waals surface area contributed by atoms with Gasteiger partial charge in [-0.3, -0.25) is 0 Å². The number of aryl methyl sites for hydroxylation is 1. The van der Waals surface area contributed by atoms with E-state index in [9.17, 15) is 8.42 Å². The van der Waals surface area contributed by atoms with E-state index in [4.69, 9.17) is 0 Å². The van der Waals surface area contributed by atoms with Crippen LogP contribution in [0.15, 0.2) is 72.1 Å². The number of sulfonamides is 1. The molecule has 0 radical (unpaired) electrons. The molecule has 8 nitrogen and oxygen atoms in total. The van der Waals surface area contributed by atoms with E-state index in [-0.39, 0.29) is 11.4 Å². The molecule has 0 atom stereocenters. The predicted octanol–water partition coefficient (Wildman–Crippen LogP) is 2.72. The fourth-order valence-electron chi connectivity index (χ4n) is 2.83. The van der Waals surface area contributed by atoms with E-state index in [0.29, 0.717) is 28.3 Å². The third-order valence-electron chi connectivity index (χ3n) is 4.37. The number of rotatable bonds is 6. The van der Waals surface area contributed by atoms with Gasteiger partial charge in [0.15, 0.2) is 11.6 Å². The van der Waals surface area contributed by atoms with E-state index in [1.54, 1.807) is 31.5 Å². The van der Waals surface area contributed by atoms with Crippen LogP contribution in [0.3, 0.4) is 0 Å². The highest BCUT2D eigenvalue weighted by molar-refractivity contribution is 7.89. The smallest absolute Gasteiger partial charge is 0.241 e. The van der Waals surface area contributed by atoms with Gasteiger partial charge in [-0.05, 0) is 18.6 Å². The average molecular weight is 406 g/mol. The SMILES string of the molecule is Cc1ccc(-c2nnc(-c3ccccc3)[nH]2)cc1S(=O)(=O)NCc1cncnc1. The van der Waals surface area contributed by atoms with Gasteiger partial charge >= 0.3 is 0 Å². The Morgan fingerprint density at radius 2 is 1.62 bits per heavy atom. The maximum atomic E-state index is 12.8. The van der Waals surface area contributed by atoms with Crippen LogP contribution in [-0.4, -0.2) is 33.6 Å². The fraction of sp³-hybridized carbons (Fsp3) is 0.100. The van der Waals surface area contributed by atoms with Gasteiger partial charge in [0.25, 0.3) is 0 Å². The van der Waals surface area contributed by atoms with E-state index in [0.717, 1.165) is 5.56 Å². The minimum Gasteiger partial charge on any atom is -0.321 e. The molecule has 2 aromatic heterocycles. The Hall–Kier alpha value is -3.43. The van der Waals surface area contributed by atoms with Crippen LogP contribution in [0.2, 0.25) is 0 Å². The molecule has 4 rings (SSSR count). The van der Waals surface area contributed by atoms with Crippen molar-refractivity contribution in [3.8, 4) is 22.8 Å². The van der Waals surface area contributed by atoms with Crippen molar-refractivity contribution >= 4 is 10.0 Å². The first-order valence-electron chi connectivity index (χ1n) is 8.85. The molecular formula is C20H18N6O2S. The van der Waals surface area contributed by atoms with Gasteiger partial charge < -0.3 is 4.98 Å². The number of benzene rings is 2. The number of H-pyrrole nitrogens is 1. The Morgan fingerprint density at radius 1 is 0.931 bits per heavy atom.